The third kappa shape index (κ3) is 5.51. The van der Waals surface area contributed by atoms with Crippen molar-refractivity contribution in [3.63, 3.8) is 0 Å². The topological polar surface area (TPSA) is 23.8 Å². The quantitative estimate of drug-likeness (QED) is 0.368. The van der Waals surface area contributed by atoms with Gasteiger partial charge in [-0.2, -0.15) is 5.26 Å². The van der Waals surface area contributed by atoms with E-state index in [4.69, 9.17) is 5.26 Å². The first-order valence-electron chi connectivity index (χ1n) is 11.7. The standard InChI is InChI=1S/C29H35N/c1-3-5-10-19-29(20-11-6-4-2)21-18-27(26-16-14-24(23-30)15-17-26)28(22-29)25-12-8-7-9-13-25/h7-9,12-18,21H,3-6,10-11,19-20,22H2,1-2H3. The maximum absolute atomic E-state index is 9.17. The lowest BCUT2D eigenvalue weighted by Gasteiger charge is -2.36. The number of benzene rings is 2. The van der Waals surface area contributed by atoms with E-state index < -0.39 is 0 Å². The molecule has 156 valence electrons. The van der Waals surface area contributed by atoms with Crippen molar-refractivity contribution in [1.29, 1.82) is 5.26 Å². The van der Waals surface area contributed by atoms with Crippen molar-refractivity contribution in [1.82, 2.24) is 0 Å². The maximum atomic E-state index is 9.17. The lowest BCUT2D eigenvalue weighted by atomic mass is 9.68. The van der Waals surface area contributed by atoms with Crippen LogP contribution in [0.4, 0.5) is 0 Å². The fourth-order valence-electron chi connectivity index (χ4n) is 4.68. The Morgan fingerprint density at radius 1 is 0.800 bits per heavy atom. The number of allylic oxidation sites excluding steroid dienone is 4. The molecule has 1 heteroatoms. The zero-order valence-corrected chi connectivity index (χ0v) is 18.7. The van der Waals surface area contributed by atoms with Gasteiger partial charge in [-0.1, -0.05) is 107 Å². The summed E-state index contributed by atoms with van der Waals surface area (Å²) in [5.41, 5.74) is 6.29. The van der Waals surface area contributed by atoms with Crippen LogP contribution in [0.15, 0.2) is 66.7 Å². The number of rotatable bonds is 10. The van der Waals surface area contributed by atoms with E-state index in [-0.39, 0.29) is 5.41 Å². The van der Waals surface area contributed by atoms with Crippen LogP contribution < -0.4 is 0 Å². The molecule has 0 spiro atoms. The van der Waals surface area contributed by atoms with E-state index in [1.165, 1.54) is 73.6 Å². The molecular weight excluding hydrogens is 362 g/mol. The van der Waals surface area contributed by atoms with Gasteiger partial charge in [0.2, 0.25) is 0 Å². The molecule has 0 fully saturated rings. The van der Waals surface area contributed by atoms with Crippen molar-refractivity contribution in [2.24, 2.45) is 5.41 Å². The maximum Gasteiger partial charge on any atom is 0.0991 e. The van der Waals surface area contributed by atoms with Gasteiger partial charge in [0.05, 0.1) is 11.6 Å². The third-order valence-corrected chi connectivity index (χ3v) is 6.46. The number of hydrogen-bond acceptors (Lipinski definition) is 1. The zero-order valence-electron chi connectivity index (χ0n) is 18.7. The van der Waals surface area contributed by atoms with Gasteiger partial charge >= 0.3 is 0 Å². The average molecular weight is 398 g/mol. The lowest BCUT2D eigenvalue weighted by molar-refractivity contribution is 0.304. The van der Waals surface area contributed by atoms with Crippen LogP contribution in [-0.2, 0) is 0 Å². The summed E-state index contributed by atoms with van der Waals surface area (Å²) in [5, 5.41) is 9.17. The molecule has 0 saturated carbocycles. The Balaban J connectivity index is 1.99. The van der Waals surface area contributed by atoms with E-state index in [2.05, 4.69) is 74.5 Å². The van der Waals surface area contributed by atoms with Crippen LogP contribution in [0.3, 0.4) is 0 Å². The van der Waals surface area contributed by atoms with Crippen LogP contribution >= 0.6 is 0 Å². The molecule has 3 rings (SSSR count). The molecule has 1 aliphatic carbocycles. The summed E-state index contributed by atoms with van der Waals surface area (Å²) in [5.74, 6) is 0. The molecule has 0 unspecified atom stereocenters. The monoisotopic (exact) mass is 397 g/mol. The molecule has 0 N–H and O–H groups in total. The molecule has 0 saturated heterocycles. The van der Waals surface area contributed by atoms with Crippen molar-refractivity contribution < 1.29 is 0 Å². The minimum atomic E-state index is 0.269. The molecule has 2 aromatic rings. The third-order valence-electron chi connectivity index (χ3n) is 6.46. The second-order valence-electron chi connectivity index (χ2n) is 8.73. The van der Waals surface area contributed by atoms with Gasteiger partial charge in [0.1, 0.15) is 0 Å². The predicted molar refractivity (Wildman–Crippen MR) is 129 cm³/mol. The fourth-order valence-corrected chi connectivity index (χ4v) is 4.68. The first-order valence-corrected chi connectivity index (χ1v) is 11.7. The molecular formula is C29H35N. The summed E-state index contributed by atoms with van der Waals surface area (Å²) >= 11 is 0. The SMILES string of the molecule is CCCCCC1(CCCCC)C=CC(c2ccc(C#N)cc2)=C(c2ccccc2)C1. The molecule has 0 aliphatic heterocycles. The highest BCUT2D eigenvalue weighted by Gasteiger charge is 2.32. The number of nitrogens with zero attached hydrogens (tertiary/aromatic N) is 1. The summed E-state index contributed by atoms with van der Waals surface area (Å²) in [6.07, 6.45) is 16.4. The van der Waals surface area contributed by atoms with Crippen molar-refractivity contribution >= 4 is 11.1 Å². The number of unbranched alkanes of at least 4 members (excludes halogenated alkanes) is 4. The van der Waals surface area contributed by atoms with Gasteiger partial charge in [-0.05, 0) is 59.1 Å². The van der Waals surface area contributed by atoms with Crippen molar-refractivity contribution in [3.05, 3.63) is 83.4 Å². The Kier molecular flexibility index (Phi) is 8.09. The summed E-state index contributed by atoms with van der Waals surface area (Å²) in [4.78, 5) is 0. The first-order chi connectivity index (χ1) is 14.7. The van der Waals surface area contributed by atoms with Crippen LogP contribution in [-0.4, -0.2) is 0 Å². The number of nitriles is 1. The smallest absolute Gasteiger partial charge is 0.0991 e. The van der Waals surface area contributed by atoms with Crippen LogP contribution in [0, 0.1) is 16.7 Å². The van der Waals surface area contributed by atoms with Crippen LogP contribution in [0.1, 0.15) is 88.3 Å². The second-order valence-corrected chi connectivity index (χ2v) is 8.73. The molecule has 0 aromatic heterocycles. The molecule has 1 aliphatic rings. The van der Waals surface area contributed by atoms with Gasteiger partial charge in [0.25, 0.3) is 0 Å². The molecule has 1 nitrogen and oxygen atoms in total. The van der Waals surface area contributed by atoms with Crippen LogP contribution in [0.5, 0.6) is 0 Å². The fraction of sp³-hybridized carbons (Fsp3) is 0.414. The Morgan fingerprint density at radius 3 is 2.00 bits per heavy atom. The van der Waals surface area contributed by atoms with Crippen molar-refractivity contribution in [2.75, 3.05) is 0 Å². The van der Waals surface area contributed by atoms with Gasteiger partial charge in [-0.25, -0.2) is 0 Å². The van der Waals surface area contributed by atoms with E-state index in [1.54, 1.807) is 0 Å². The average Bonchev–Trinajstić information content (AvgIpc) is 2.80. The normalized spacial score (nSPS) is 15.2. The first kappa shape index (κ1) is 22.1. The Bertz CT molecular complexity index is 884. The van der Waals surface area contributed by atoms with E-state index >= 15 is 0 Å². The van der Waals surface area contributed by atoms with Crippen molar-refractivity contribution in [2.45, 2.75) is 71.6 Å². The van der Waals surface area contributed by atoms with Gasteiger partial charge < -0.3 is 0 Å². The van der Waals surface area contributed by atoms with Crippen LogP contribution in [0.25, 0.3) is 11.1 Å². The minimum Gasteiger partial charge on any atom is -0.192 e. The lowest BCUT2D eigenvalue weighted by Crippen LogP contribution is -2.22. The highest BCUT2D eigenvalue weighted by molar-refractivity contribution is 5.97. The molecule has 0 heterocycles. The molecule has 0 amide bonds. The highest BCUT2D eigenvalue weighted by atomic mass is 14.4. The highest BCUT2D eigenvalue weighted by Crippen LogP contribution is 2.48. The number of hydrogen-bond donors (Lipinski definition) is 0. The molecule has 2 aromatic carbocycles. The Labute approximate surface area is 183 Å². The summed E-state index contributed by atoms with van der Waals surface area (Å²) in [6.45, 7) is 4.58. The molecule has 0 bridgehead atoms. The Morgan fingerprint density at radius 2 is 1.43 bits per heavy atom. The molecule has 0 atom stereocenters. The van der Waals surface area contributed by atoms with E-state index in [0.717, 1.165) is 6.42 Å². The van der Waals surface area contributed by atoms with Gasteiger partial charge in [-0.3, -0.25) is 0 Å². The van der Waals surface area contributed by atoms with Crippen molar-refractivity contribution in [3.8, 4) is 6.07 Å². The minimum absolute atomic E-state index is 0.269. The van der Waals surface area contributed by atoms with Gasteiger partial charge in [0, 0.05) is 0 Å². The molecule has 0 radical (unpaired) electrons. The largest absolute Gasteiger partial charge is 0.192 e. The van der Waals surface area contributed by atoms with E-state index in [9.17, 15) is 0 Å². The predicted octanol–water partition coefficient (Wildman–Crippen LogP) is 8.58. The van der Waals surface area contributed by atoms with Gasteiger partial charge in [0.15, 0.2) is 0 Å². The summed E-state index contributed by atoms with van der Waals surface area (Å²) in [7, 11) is 0. The molecule has 30 heavy (non-hydrogen) atoms. The Hall–Kier alpha value is -2.59. The van der Waals surface area contributed by atoms with Crippen LogP contribution in [0.2, 0.25) is 0 Å². The van der Waals surface area contributed by atoms with E-state index in [0.29, 0.717) is 5.56 Å². The second kappa shape index (κ2) is 11.0. The zero-order chi connectivity index (χ0) is 21.2. The summed E-state index contributed by atoms with van der Waals surface area (Å²) < 4.78 is 0. The van der Waals surface area contributed by atoms with E-state index in [1.807, 2.05) is 12.1 Å². The summed E-state index contributed by atoms with van der Waals surface area (Å²) in [6, 6.07) is 21.2. The van der Waals surface area contributed by atoms with Gasteiger partial charge in [-0.15, -0.1) is 0 Å².